The zero-order chi connectivity index (χ0) is 29.9. The van der Waals surface area contributed by atoms with Gasteiger partial charge in [-0.05, 0) is 61.1 Å². The van der Waals surface area contributed by atoms with Crippen molar-refractivity contribution in [2.45, 2.75) is 44.9 Å². The first-order valence-electron chi connectivity index (χ1n) is 14.6. The van der Waals surface area contributed by atoms with E-state index in [1.54, 1.807) is 14.2 Å². The zero-order valence-electron chi connectivity index (χ0n) is 25.1. The Hall–Kier alpha value is -4.35. The van der Waals surface area contributed by atoms with Crippen LogP contribution in [0.2, 0.25) is 0 Å². The van der Waals surface area contributed by atoms with Gasteiger partial charge in [-0.1, -0.05) is 6.07 Å². The molecule has 2 aromatic carbocycles. The van der Waals surface area contributed by atoms with Gasteiger partial charge in [0.1, 0.15) is 29.2 Å². The van der Waals surface area contributed by atoms with Gasteiger partial charge in [0.15, 0.2) is 5.65 Å². The second kappa shape index (κ2) is 12.5. The van der Waals surface area contributed by atoms with Crippen molar-refractivity contribution in [3.63, 3.8) is 0 Å². The number of nitrogens with zero attached hydrogens (tertiary/aromatic N) is 4. The molecule has 1 amide bonds. The van der Waals surface area contributed by atoms with Crippen LogP contribution in [0.15, 0.2) is 48.8 Å². The number of anilines is 3. The predicted octanol–water partition coefficient (Wildman–Crippen LogP) is 5.20. The molecule has 4 bridgehead atoms. The van der Waals surface area contributed by atoms with Crippen LogP contribution >= 0.6 is 0 Å². The summed E-state index contributed by atoms with van der Waals surface area (Å²) in [6.45, 7) is 4.80. The third-order valence-corrected chi connectivity index (χ3v) is 8.00. The fourth-order valence-corrected chi connectivity index (χ4v) is 5.76. The molecule has 2 aliphatic heterocycles. The Balaban J connectivity index is 1.42. The molecule has 0 saturated carbocycles. The van der Waals surface area contributed by atoms with Crippen molar-refractivity contribution < 1.29 is 23.7 Å². The van der Waals surface area contributed by atoms with Crippen LogP contribution in [0.1, 0.15) is 42.4 Å². The normalized spacial score (nSPS) is 17.7. The van der Waals surface area contributed by atoms with Crippen LogP contribution in [0, 0.1) is 0 Å². The minimum Gasteiger partial charge on any atom is -0.497 e. The number of pyridine rings is 1. The molecular weight excluding hydrogens is 548 g/mol. The maximum atomic E-state index is 13.3. The molecule has 0 radical (unpaired) electrons. The molecule has 2 aromatic heterocycles. The van der Waals surface area contributed by atoms with E-state index < -0.39 is 0 Å². The summed E-state index contributed by atoms with van der Waals surface area (Å²) in [5, 5.41) is 6.55. The zero-order valence-corrected chi connectivity index (χ0v) is 25.1. The number of nitrogens with one attached hydrogen (secondary N) is 2. The molecule has 0 unspecified atom stereocenters. The number of hydrogen-bond acceptors (Lipinski definition) is 9. The van der Waals surface area contributed by atoms with E-state index in [0.29, 0.717) is 42.7 Å². The van der Waals surface area contributed by atoms with E-state index in [4.69, 9.17) is 23.9 Å². The Morgan fingerprint density at radius 3 is 2.70 bits per heavy atom. The number of aromatic nitrogens is 3. The molecule has 6 rings (SSSR count). The Morgan fingerprint density at radius 2 is 1.91 bits per heavy atom. The number of benzene rings is 2. The lowest BCUT2D eigenvalue weighted by Gasteiger charge is -2.24. The maximum Gasteiger partial charge on any atom is 0.328 e. The van der Waals surface area contributed by atoms with Gasteiger partial charge in [-0.25, -0.2) is 19.3 Å². The van der Waals surface area contributed by atoms with Crippen molar-refractivity contribution in [3.8, 4) is 11.5 Å². The molecule has 43 heavy (non-hydrogen) atoms. The third-order valence-electron chi connectivity index (χ3n) is 8.00. The fraction of sp³-hybridized carbons (Fsp3) is 0.406. The summed E-state index contributed by atoms with van der Waals surface area (Å²) in [6.07, 6.45) is 3.49. The van der Waals surface area contributed by atoms with Gasteiger partial charge in [0.05, 0.1) is 39.2 Å². The van der Waals surface area contributed by atoms with Gasteiger partial charge in [0.25, 0.3) is 0 Å². The second-order valence-electron chi connectivity index (χ2n) is 11.2. The number of rotatable bonds is 6. The number of fused-ring (bicyclic) bond motifs is 3. The highest BCUT2D eigenvalue weighted by atomic mass is 16.5. The molecule has 1 atom stereocenters. The largest absolute Gasteiger partial charge is 0.497 e. The summed E-state index contributed by atoms with van der Waals surface area (Å²) < 4.78 is 24.1. The molecular formula is C32H38N6O5. The van der Waals surface area contributed by atoms with Crippen LogP contribution in [-0.2, 0) is 22.6 Å². The summed E-state index contributed by atoms with van der Waals surface area (Å²) in [5.41, 5.74) is 6.11. The minimum atomic E-state index is -0.314. The van der Waals surface area contributed by atoms with E-state index in [0.717, 1.165) is 60.1 Å². The van der Waals surface area contributed by atoms with Crippen molar-refractivity contribution in [2.24, 2.45) is 0 Å². The summed E-state index contributed by atoms with van der Waals surface area (Å²) in [4.78, 5) is 24.9. The highest BCUT2D eigenvalue weighted by Gasteiger charge is 2.22. The summed E-state index contributed by atoms with van der Waals surface area (Å²) in [6, 6.07) is 13.7. The van der Waals surface area contributed by atoms with Crippen molar-refractivity contribution in [1.29, 1.82) is 0 Å². The van der Waals surface area contributed by atoms with E-state index in [1.807, 2.05) is 38.2 Å². The third kappa shape index (κ3) is 6.23. The molecule has 226 valence electrons. The van der Waals surface area contributed by atoms with E-state index in [9.17, 15) is 4.79 Å². The average molecular weight is 587 g/mol. The highest BCUT2D eigenvalue weighted by Crippen LogP contribution is 2.34. The molecule has 1 saturated heterocycles. The maximum absolute atomic E-state index is 13.3. The average Bonchev–Trinajstić information content (AvgIpc) is 3.45. The molecule has 2 aliphatic rings. The molecule has 1 fully saturated rings. The number of methoxy groups -OCH3 is 2. The SMILES string of the molecule is COc1ccc(CN(C)c2cc3nc4c2ncn4C(=O)N[C@H](C)COCc2cc(cc(C4CCOCC4)c2)N3)c(OC)c1. The van der Waals surface area contributed by atoms with Gasteiger partial charge in [0, 0.05) is 50.2 Å². The quantitative estimate of drug-likeness (QED) is 0.315. The van der Waals surface area contributed by atoms with Crippen molar-refractivity contribution >= 4 is 34.4 Å². The first-order valence-corrected chi connectivity index (χ1v) is 14.6. The van der Waals surface area contributed by atoms with Gasteiger partial charge in [-0.3, -0.25) is 0 Å². The topological polar surface area (TPSA) is 112 Å². The Kier molecular flexibility index (Phi) is 8.35. The molecule has 4 aromatic rings. The number of hydrogen-bond donors (Lipinski definition) is 2. The number of carbonyl (C=O) groups excluding carboxylic acids is 1. The summed E-state index contributed by atoms with van der Waals surface area (Å²) >= 11 is 0. The van der Waals surface area contributed by atoms with Gasteiger partial charge >= 0.3 is 6.03 Å². The van der Waals surface area contributed by atoms with Crippen LogP contribution in [0.25, 0.3) is 11.2 Å². The van der Waals surface area contributed by atoms with Crippen LogP contribution in [0.5, 0.6) is 11.5 Å². The van der Waals surface area contributed by atoms with Gasteiger partial charge in [-0.2, -0.15) is 0 Å². The first kappa shape index (κ1) is 28.8. The van der Waals surface area contributed by atoms with Crippen LogP contribution in [-0.4, -0.2) is 67.7 Å². The van der Waals surface area contributed by atoms with Crippen LogP contribution in [0.4, 0.5) is 22.0 Å². The van der Waals surface area contributed by atoms with E-state index >= 15 is 0 Å². The first-order chi connectivity index (χ1) is 20.9. The molecule has 0 aliphatic carbocycles. The van der Waals surface area contributed by atoms with Crippen molar-refractivity contribution in [1.82, 2.24) is 19.9 Å². The summed E-state index contributed by atoms with van der Waals surface area (Å²) in [7, 11) is 5.27. The smallest absolute Gasteiger partial charge is 0.328 e. The number of imidazole rings is 1. The Bertz CT molecular complexity index is 1620. The standard InChI is InChI=1S/C32H38N6O5/c1-20-17-43-18-21-11-24(22-7-9-42-10-8-22)13-25(12-21)35-29-15-27(30-31(36-29)38(19-33-30)32(39)34-20)37(2)16-23-5-6-26(40-3)14-28(23)41-4/h5-6,11-15,19-20,22H,7-10,16-18H2,1-4H3,(H,34,39)(H,35,36)/t20-/m1/s1. The number of amides is 1. The fourth-order valence-electron chi connectivity index (χ4n) is 5.76. The van der Waals surface area contributed by atoms with E-state index in [1.165, 1.54) is 16.5 Å². The molecule has 11 nitrogen and oxygen atoms in total. The molecule has 0 spiro atoms. The van der Waals surface area contributed by atoms with Crippen LogP contribution in [0.3, 0.4) is 0 Å². The number of ether oxygens (including phenoxy) is 4. The van der Waals surface area contributed by atoms with E-state index in [2.05, 4.69) is 38.7 Å². The predicted molar refractivity (Wildman–Crippen MR) is 165 cm³/mol. The summed E-state index contributed by atoms with van der Waals surface area (Å²) in [5.74, 6) is 2.47. The number of carbonyl (C=O) groups is 1. The Labute approximate surface area is 251 Å². The van der Waals surface area contributed by atoms with Crippen LogP contribution < -0.4 is 25.0 Å². The lowest BCUT2D eigenvalue weighted by atomic mass is 9.90. The van der Waals surface area contributed by atoms with Gasteiger partial charge in [0.2, 0.25) is 0 Å². The van der Waals surface area contributed by atoms with E-state index in [-0.39, 0.29) is 12.1 Å². The Morgan fingerprint density at radius 1 is 1.07 bits per heavy atom. The lowest BCUT2D eigenvalue weighted by molar-refractivity contribution is 0.0851. The molecule has 4 heterocycles. The van der Waals surface area contributed by atoms with Crippen molar-refractivity contribution in [2.75, 3.05) is 51.3 Å². The van der Waals surface area contributed by atoms with Gasteiger partial charge < -0.3 is 34.5 Å². The van der Waals surface area contributed by atoms with Gasteiger partial charge in [-0.15, -0.1) is 0 Å². The monoisotopic (exact) mass is 586 g/mol. The second-order valence-corrected chi connectivity index (χ2v) is 11.2. The minimum absolute atomic E-state index is 0.211. The lowest BCUT2D eigenvalue weighted by Crippen LogP contribution is -2.38. The molecule has 11 heteroatoms. The van der Waals surface area contributed by atoms with Crippen molar-refractivity contribution in [3.05, 3.63) is 65.5 Å². The highest BCUT2D eigenvalue weighted by molar-refractivity contribution is 5.95. The molecule has 2 N–H and O–H groups in total.